The first-order valence-corrected chi connectivity index (χ1v) is 7.55. The summed E-state index contributed by atoms with van der Waals surface area (Å²) >= 11 is 0. The number of methoxy groups -OCH3 is 1. The Hall–Kier alpha value is -1.40. The molecule has 1 saturated heterocycles. The van der Waals surface area contributed by atoms with Gasteiger partial charge in [-0.2, -0.15) is 0 Å². The van der Waals surface area contributed by atoms with Gasteiger partial charge in [0.1, 0.15) is 0 Å². The summed E-state index contributed by atoms with van der Waals surface area (Å²) < 4.78 is 16.2. The zero-order valence-electron chi connectivity index (χ0n) is 14.0. The van der Waals surface area contributed by atoms with E-state index in [1.165, 1.54) is 0 Å². The highest BCUT2D eigenvalue weighted by molar-refractivity contribution is 5.87. The molecule has 1 heterocycles. The van der Waals surface area contributed by atoms with Crippen molar-refractivity contribution >= 4 is 11.9 Å². The van der Waals surface area contributed by atoms with E-state index in [0.717, 1.165) is 6.42 Å². The zero-order valence-corrected chi connectivity index (χ0v) is 14.0. The van der Waals surface area contributed by atoms with Crippen LogP contribution in [0.15, 0.2) is 12.2 Å². The van der Waals surface area contributed by atoms with E-state index in [2.05, 4.69) is 6.58 Å². The van der Waals surface area contributed by atoms with Crippen molar-refractivity contribution in [2.75, 3.05) is 26.9 Å². The summed E-state index contributed by atoms with van der Waals surface area (Å²) in [7, 11) is 1.61. The summed E-state index contributed by atoms with van der Waals surface area (Å²) in [6.45, 7) is 10.5. The van der Waals surface area contributed by atoms with Gasteiger partial charge in [0.2, 0.25) is 5.91 Å². The van der Waals surface area contributed by atoms with Crippen molar-refractivity contribution in [2.45, 2.75) is 51.9 Å². The van der Waals surface area contributed by atoms with Crippen LogP contribution >= 0.6 is 0 Å². The van der Waals surface area contributed by atoms with Crippen molar-refractivity contribution in [3.8, 4) is 0 Å². The summed E-state index contributed by atoms with van der Waals surface area (Å²) in [6, 6.07) is 0. The van der Waals surface area contributed by atoms with Crippen molar-refractivity contribution in [3.05, 3.63) is 12.2 Å². The molecule has 1 aliphatic rings. The lowest BCUT2D eigenvalue weighted by Gasteiger charge is -2.34. The average Bonchev–Trinajstić information content (AvgIpc) is 2.84. The number of likely N-dealkylation sites (tertiary alicyclic amines) is 1. The fourth-order valence-electron chi connectivity index (χ4n) is 2.29. The molecule has 0 radical (unpaired) electrons. The fraction of sp³-hybridized carbons (Fsp3) is 0.750. The molecule has 0 aromatic carbocycles. The normalized spacial score (nSPS) is 16.7. The minimum atomic E-state index is -0.628. The molecule has 22 heavy (non-hydrogen) atoms. The van der Waals surface area contributed by atoms with E-state index in [4.69, 9.17) is 14.2 Å². The fourth-order valence-corrected chi connectivity index (χ4v) is 2.29. The number of nitrogens with zero attached hydrogens (tertiary/aromatic N) is 1. The molecule has 1 unspecified atom stereocenters. The van der Waals surface area contributed by atoms with Crippen LogP contribution in [0.4, 0.5) is 0 Å². The Labute approximate surface area is 132 Å². The van der Waals surface area contributed by atoms with Crippen LogP contribution < -0.4 is 0 Å². The molecule has 126 valence electrons. The first kappa shape index (κ1) is 18.6. The molecule has 0 spiro atoms. The summed E-state index contributed by atoms with van der Waals surface area (Å²) in [5.41, 5.74) is -0.226. The second-order valence-corrected chi connectivity index (χ2v) is 6.14. The molecule has 1 amide bonds. The molecule has 0 saturated carbocycles. The topological polar surface area (TPSA) is 65.1 Å². The molecule has 0 aliphatic carbocycles. The van der Waals surface area contributed by atoms with Crippen LogP contribution in [0, 0.1) is 0 Å². The summed E-state index contributed by atoms with van der Waals surface area (Å²) in [5.74, 6) is -0.482. The molecule has 1 fully saturated rings. The van der Waals surface area contributed by atoms with Gasteiger partial charge in [-0.3, -0.25) is 4.79 Å². The van der Waals surface area contributed by atoms with Gasteiger partial charge in [0.15, 0.2) is 6.23 Å². The highest BCUT2D eigenvalue weighted by atomic mass is 16.6. The molecule has 1 aliphatic heterocycles. The number of carbonyl (C=O) groups is 2. The predicted molar refractivity (Wildman–Crippen MR) is 82.2 cm³/mol. The van der Waals surface area contributed by atoms with Crippen LogP contribution in [-0.4, -0.2) is 55.5 Å². The van der Waals surface area contributed by atoms with Gasteiger partial charge in [0, 0.05) is 32.1 Å². The molecule has 6 nitrogen and oxygen atoms in total. The molecule has 0 N–H and O–H groups in total. The van der Waals surface area contributed by atoms with E-state index < -0.39 is 17.8 Å². The minimum absolute atomic E-state index is 0.00667. The monoisotopic (exact) mass is 313 g/mol. The molecule has 1 atom stereocenters. The number of carbonyl (C=O) groups excluding carboxylic acids is 2. The van der Waals surface area contributed by atoms with Crippen LogP contribution in [0.1, 0.15) is 40.0 Å². The first-order valence-electron chi connectivity index (χ1n) is 7.55. The maximum absolute atomic E-state index is 12.0. The van der Waals surface area contributed by atoms with E-state index in [-0.39, 0.29) is 5.91 Å². The van der Waals surface area contributed by atoms with Gasteiger partial charge in [-0.15, -0.1) is 0 Å². The summed E-state index contributed by atoms with van der Waals surface area (Å²) in [6.07, 6.45) is 1.05. The van der Waals surface area contributed by atoms with Crippen molar-refractivity contribution < 1.29 is 23.8 Å². The quantitative estimate of drug-likeness (QED) is 0.369. The Morgan fingerprint density at radius 3 is 2.59 bits per heavy atom. The van der Waals surface area contributed by atoms with Gasteiger partial charge in [0.05, 0.1) is 18.8 Å². The van der Waals surface area contributed by atoms with E-state index in [0.29, 0.717) is 38.2 Å². The van der Waals surface area contributed by atoms with Crippen molar-refractivity contribution in [1.29, 1.82) is 0 Å². The van der Waals surface area contributed by atoms with Crippen LogP contribution in [-0.2, 0) is 23.8 Å². The maximum Gasteiger partial charge on any atom is 0.335 e. The third-order valence-corrected chi connectivity index (χ3v) is 3.50. The van der Waals surface area contributed by atoms with Crippen LogP contribution in [0.5, 0.6) is 0 Å². The van der Waals surface area contributed by atoms with Crippen LogP contribution in [0.2, 0.25) is 0 Å². The Bertz CT molecular complexity index is 419. The van der Waals surface area contributed by atoms with Crippen LogP contribution in [0.25, 0.3) is 0 Å². The molecule has 6 heteroatoms. The average molecular weight is 313 g/mol. The number of hydrogen-bond donors (Lipinski definition) is 0. The number of amides is 1. The number of ether oxygens (including phenoxy) is 3. The van der Waals surface area contributed by atoms with E-state index in [9.17, 15) is 9.59 Å². The SMILES string of the molecule is C=C(C)C(=O)OC(CC(C)(C)OCCOC)N1CCCC1=O. The van der Waals surface area contributed by atoms with Gasteiger partial charge in [-0.25, -0.2) is 4.79 Å². The molecule has 1 rings (SSSR count). The number of hydrogen-bond acceptors (Lipinski definition) is 5. The van der Waals surface area contributed by atoms with Gasteiger partial charge in [-0.05, 0) is 27.2 Å². The smallest absolute Gasteiger partial charge is 0.335 e. The van der Waals surface area contributed by atoms with E-state index in [1.807, 2.05) is 13.8 Å². The Morgan fingerprint density at radius 1 is 1.41 bits per heavy atom. The lowest BCUT2D eigenvalue weighted by atomic mass is 10.0. The van der Waals surface area contributed by atoms with Gasteiger partial charge < -0.3 is 19.1 Å². The number of esters is 1. The van der Waals surface area contributed by atoms with Crippen molar-refractivity contribution in [1.82, 2.24) is 4.90 Å². The highest BCUT2D eigenvalue weighted by Gasteiger charge is 2.35. The van der Waals surface area contributed by atoms with E-state index in [1.54, 1.807) is 18.9 Å². The molecular formula is C16H27NO5. The van der Waals surface area contributed by atoms with Crippen molar-refractivity contribution in [3.63, 3.8) is 0 Å². The maximum atomic E-state index is 12.0. The van der Waals surface area contributed by atoms with Gasteiger partial charge >= 0.3 is 5.97 Å². The second-order valence-electron chi connectivity index (χ2n) is 6.14. The minimum Gasteiger partial charge on any atom is -0.438 e. The lowest BCUT2D eigenvalue weighted by Crippen LogP contribution is -2.45. The van der Waals surface area contributed by atoms with Gasteiger partial charge in [-0.1, -0.05) is 6.58 Å². The Kier molecular flexibility index (Phi) is 7.03. The predicted octanol–water partition coefficient (Wildman–Crippen LogP) is 1.89. The molecule has 0 bridgehead atoms. The first-order chi connectivity index (χ1) is 10.3. The van der Waals surface area contributed by atoms with Crippen LogP contribution in [0.3, 0.4) is 0 Å². The third-order valence-electron chi connectivity index (χ3n) is 3.50. The molecular weight excluding hydrogens is 286 g/mol. The van der Waals surface area contributed by atoms with Crippen molar-refractivity contribution in [2.24, 2.45) is 0 Å². The molecule has 0 aromatic heterocycles. The summed E-state index contributed by atoms with van der Waals surface area (Å²) in [4.78, 5) is 25.4. The Morgan fingerprint density at radius 2 is 2.09 bits per heavy atom. The number of rotatable bonds is 9. The molecule has 0 aromatic rings. The lowest BCUT2D eigenvalue weighted by molar-refractivity contribution is -0.167. The van der Waals surface area contributed by atoms with E-state index >= 15 is 0 Å². The third kappa shape index (κ3) is 5.77. The highest BCUT2D eigenvalue weighted by Crippen LogP contribution is 2.25. The van der Waals surface area contributed by atoms with Gasteiger partial charge in [0.25, 0.3) is 0 Å². The largest absolute Gasteiger partial charge is 0.438 e. The zero-order chi connectivity index (χ0) is 16.8. The Balaban J connectivity index is 2.74. The second kappa shape index (κ2) is 8.29. The standard InChI is InChI=1S/C16H27NO5/c1-12(2)15(19)22-14(17-8-6-7-13(17)18)11-16(3,4)21-10-9-20-5/h14H,1,6-11H2,2-5H3. The summed E-state index contributed by atoms with van der Waals surface area (Å²) in [5, 5.41) is 0.